The van der Waals surface area contributed by atoms with Gasteiger partial charge in [-0.3, -0.25) is 9.48 Å². The van der Waals surface area contributed by atoms with Gasteiger partial charge < -0.3 is 9.52 Å². The number of aromatic hydroxyl groups is 1. The quantitative estimate of drug-likeness (QED) is 0.613. The number of nitrogens with zero attached hydrogens (tertiary/aromatic N) is 2. The van der Waals surface area contributed by atoms with Gasteiger partial charge in [-0.25, -0.2) is 0 Å². The lowest BCUT2D eigenvalue weighted by atomic mass is 10.1. The van der Waals surface area contributed by atoms with E-state index in [0.29, 0.717) is 28.0 Å². The lowest BCUT2D eigenvalue weighted by molar-refractivity contribution is 0.475. The first kappa shape index (κ1) is 14.3. The summed E-state index contributed by atoms with van der Waals surface area (Å²) in [6.45, 7) is 0. The van der Waals surface area contributed by atoms with E-state index in [0.717, 1.165) is 5.56 Å². The molecule has 0 fully saturated rings. The molecule has 1 N–H and O–H groups in total. The molecule has 4 aromatic rings. The van der Waals surface area contributed by atoms with E-state index >= 15 is 0 Å². The van der Waals surface area contributed by atoms with Crippen molar-refractivity contribution in [2.75, 3.05) is 0 Å². The third-order valence-corrected chi connectivity index (χ3v) is 4.01. The molecule has 2 aromatic carbocycles. The Morgan fingerprint density at radius 1 is 1.08 bits per heavy atom. The predicted octanol–water partition coefficient (Wildman–Crippen LogP) is 3.57. The summed E-state index contributed by atoms with van der Waals surface area (Å²) in [5.74, 6) is 0.501. The van der Waals surface area contributed by atoms with Crippen molar-refractivity contribution in [3.8, 4) is 28.3 Å². The minimum absolute atomic E-state index is 0.0412. The van der Waals surface area contributed by atoms with E-state index in [-0.39, 0.29) is 11.2 Å². The molecule has 0 atom stereocenters. The van der Waals surface area contributed by atoms with Gasteiger partial charge in [-0.15, -0.1) is 0 Å². The number of aryl methyl sites for hydroxylation is 1. The second kappa shape index (κ2) is 5.38. The van der Waals surface area contributed by atoms with Crippen molar-refractivity contribution in [2.24, 2.45) is 7.05 Å². The second-order valence-corrected chi connectivity index (χ2v) is 5.52. The van der Waals surface area contributed by atoms with Crippen LogP contribution in [0.25, 0.3) is 33.6 Å². The van der Waals surface area contributed by atoms with Crippen LogP contribution in [0.1, 0.15) is 0 Å². The maximum Gasteiger partial charge on any atom is 0.193 e. The molecule has 0 aliphatic rings. The van der Waals surface area contributed by atoms with Crippen molar-refractivity contribution in [2.45, 2.75) is 0 Å². The molecule has 2 heterocycles. The van der Waals surface area contributed by atoms with Gasteiger partial charge in [0.15, 0.2) is 11.0 Å². The van der Waals surface area contributed by atoms with Crippen molar-refractivity contribution in [3.05, 3.63) is 71.0 Å². The average molecular weight is 318 g/mol. The van der Waals surface area contributed by atoms with Crippen molar-refractivity contribution < 1.29 is 9.52 Å². The number of hydrogen-bond acceptors (Lipinski definition) is 4. The maximum atomic E-state index is 12.5. The molecule has 0 amide bonds. The first-order chi connectivity index (χ1) is 11.6. The zero-order valence-electron chi connectivity index (χ0n) is 12.9. The summed E-state index contributed by atoms with van der Waals surface area (Å²) >= 11 is 0. The summed E-state index contributed by atoms with van der Waals surface area (Å²) < 4.78 is 7.65. The van der Waals surface area contributed by atoms with E-state index in [1.54, 1.807) is 30.1 Å². The minimum atomic E-state index is -0.154. The number of fused-ring (bicyclic) bond motifs is 1. The van der Waals surface area contributed by atoms with E-state index in [4.69, 9.17) is 4.42 Å². The predicted molar refractivity (Wildman–Crippen MR) is 91.8 cm³/mol. The van der Waals surface area contributed by atoms with Gasteiger partial charge in [0.05, 0.1) is 16.6 Å². The number of aromatic nitrogens is 2. The van der Waals surface area contributed by atoms with Crippen LogP contribution in [-0.4, -0.2) is 14.9 Å². The van der Waals surface area contributed by atoms with Crippen molar-refractivity contribution in [1.82, 2.24) is 9.78 Å². The van der Waals surface area contributed by atoms with Gasteiger partial charge in [0, 0.05) is 24.9 Å². The highest BCUT2D eigenvalue weighted by atomic mass is 16.3. The SMILES string of the molecule is Cn1nccc1-c1c(O)ccc2c(=O)cc(-c3ccccc3)oc12. The molecule has 24 heavy (non-hydrogen) atoms. The summed E-state index contributed by atoms with van der Waals surface area (Å²) in [5, 5.41) is 14.9. The molecule has 0 radical (unpaired) electrons. The summed E-state index contributed by atoms with van der Waals surface area (Å²) in [4.78, 5) is 12.5. The van der Waals surface area contributed by atoms with Crippen LogP contribution in [0.2, 0.25) is 0 Å². The van der Waals surface area contributed by atoms with Gasteiger partial charge in [-0.05, 0) is 18.2 Å². The number of hydrogen-bond donors (Lipinski definition) is 1. The van der Waals surface area contributed by atoms with Crippen LogP contribution in [0, 0.1) is 0 Å². The van der Waals surface area contributed by atoms with Gasteiger partial charge in [0.1, 0.15) is 11.5 Å². The highest BCUT2D eigenvalue weighted by Crippen LogP contribution is 2.36. The molecular weight excluding hydrogens is 304 g/mol. The molecule has 0 bridgehead atoms. The van der Waals surface area contributed by atoms with E-state index in [1.807, 2.05) is 30.3 Å². The molecule has 0 spiro atoms. The fourth-order valence-corrected chi connectivity index (χ4v) is 2.82. The first-order valence-corrected chi connectivity index (χ1v) is 7.49. The van der Waals surface area contributed by atoms with Gasteiger partial charge >= 0.3 is 0 Å². The van der Waals surface area contributed by atoms with Crippen LogP contribution < -0.4 is 5.43 Å². The fraction of sp³-hybridized carbons (Fsp3) is 0.0526. The van der Waals surface area contributed by atoms with Crippen molar-refractivity contribution in [1.29, 1.82) is 0 Å². The van der Waals surface area contributed by atoms with E-state index in [1.165, 1.54) is 12.1 Å². The van der Waals surface area contributed by atoms with Crippen LogP contribution in [-0.2, 0) is 7.05 Å². The van der Waals surface area contributed by atoms with E-state index < -0.39 is 0 Å². The lowest BCUT2D eigenvalue weighted by Gasteiger charge is -2.10. The molecule has 2 aromatic heterocycles. The Bertz CT molecular complexity index is 1090. The van der Waals surface area contributed by atoms with Crippen LogP contribution >= 0.6 is 0 Å². The molecule has 5 heteroatoms. The zero-order chi connectivity index (χ0) is 16.7. The zero-order valence-corrected chi connectivity index (χ0v) is 12.9. The molecule has 5 nitrogen and oxygen atoms in total. The number of benzene rings is 2. The Balaban J connectivity index is 2.09. The molecule has 0 saturated carbocycles. The Morgan fingerprint density at radius 2 is 1.88 bits per heavy atom. The summed E-state index contributed by atoms with van der Waals surface area (Å²) in [6, 6.07) is 15.7. The smallest absolute Gasteiger partial charge is 0.193 e. The Labute approximate surface area is 137 Å². The monoisotopic (exact) mass is 318 g/mol. The van der Waals surface area contributed by atoms with Gasteiger partial charge in [0.2, 0.25) is 0 Å². The number of phenols is 1. The number of rotatable bonds is 2. The average Bonchev–Trinajstić information content (AvgIpc) is 3.01. The van der Waals surface area contributed by atoms with Gasteiger partial charge in [0.25, 0.3) is 0 Å². The van der Waals surface area contributed by atoms with Crippen molar-refractivity contribution in [3.63, 3.8) is 0 Å². The summed E-state index contributed by atoms with van der Waals surface area (Å²) in [6.07, 6.45) is 1.63. The normalized spacial score (nSPS) is 11.0. The number of phenolic OH excluding ortho intramolecular Hbond substituents is 1. The third kappa shape index (κ3) is 2.18. The topological polar surface area (TPSA) is 68.3 Å². The van der Waals surface area contributed by atoms with Crippen LogP contribution in [0.5, 0.6) is 5.75 Å². The molecule has 0 aliphatic carbocycles. The Morgan fingerprint density at radius 3 is 2.58 bits per heavy atom. The van der Waals surface area contributed by atoms with Crippen LogP contribution in [0.3, 0.4) is 0 Å². The molecule has 4 rings (SSSR count). The molecule has 118 valence electrons. The fourth-order valence-electron chi connectivity index (χ4n) is 2.82. The Hall–Kier alpha value is -3.34. The Kier molecular flexibility index (Phi) is 3.20. The standard InChI is InChI=1S/C19H14N2O3/c1-21-14(9-10-20-21)18-15(22)8-7-13-16(23)11-17(24-19(13)18)12-5-3-2-4-6-12/h2-11,22H,1H3. The van der Waals surface area contributed by atoms with Crippen LogP contribution in [0.15, 0.2) is 70.0 Å². The lowest BCUT2D eigenvalue weighted by Crippen LogP contribution is -2.02. The highest BCUT2D eigenvalue weighted by Gasteiger charge is 2.17. The molecule has 0 saturated heterocycles. The molecule has 0 aliphatic heterocycles. The highest BCUT2D eigenvalue weighted by molar-refractivity contribution is 5.95. The third-order valence-electron chi connectivity index (χ3n) is 4.01. The summed E-state index contributed by atoms with van der Waals surface area (Å²) in [7, 11) is 1.77. The van der Waals surface area contributed by atoms with Gasteiger partial charge in [-0.1, -0.05) is 30.3 Å². The largest absolute Gasteiger partial charge is 0.507 e. The van der Waals surface area contributed by atoms with Crippen LogP contribution in [0.4, 0.5) is 0 Å². The van der Waals surface area contributed by atoms with Crippen molar-refractivity contribution >= 4 is 11.0 Å². The molecule has 0 unspecified atom stereocenters. The second-order valence-electron chi connectivity index (χ2n) is 5.52. The van der Waals surface area contributed by atoms with E-state index in [2.05, 4.69) is 5.10 Å². The van der Waals surface area contributed by atoms with E-state index in [9.17, 15) is 9.90 Å². The maximum absolute atomic E-state index is 12.5. The summed E-state index contributed by atoms with van der Waals surface area (Å²) in [5.41, 5.74) is 2.13. The molecular formula is C19H14N2O3. The first-order valence-electron chi connectivity index (χ1n) is 7.49. The minimum Gasteiger partial charge on any atom is -0.507 e. The van der Waals surface area contributed by atoms with Gasteiger partial charge in [-0.2, -0.15) is 5.10 Å².